The highest BCUT2D eigenvalue weighted by atomic mass is 35.5. The predicted octanol–water partition coefficient (Wildman–Crippen LogP) is 4.13. The van der Waals surface area contributed by atoms with Gasteiger partial charge in [-0.2, -0.15) is 0 Å². The number of hydrogen-bond donors (Lipinski definition) is 1. The van der Waals surface area contributed by atoms with Crippen LogP contribution in [0.1, 0.15) is 27.2 Å². The van der Waals surface area contributed by atoms with Gasteiger partial charge < -0.3 is 9.32 Å². The van der Waals surface area contributed by atoms with Crippen molar-refractivity contribution in [3.63, 3.8) is 0 Å². The second-order valence-corrected chi connectivity index (χ2v) is 8.92. The molecule has 9 heteroatoms. The number of sulfonamides is 1. The SMILES string of the molecule is Cc1ccc(S(=O)(=O)NCc2ccco2)cc1C(=O)N(C)Cc1c(F)cccc1Cl. The van der Waals surface area contributed by atoms with E-state index in [9.17, 15) is 17.6 Å². The van der Waals surface area contributed by atoms with Gasteiger partial charge in [0.15, 0.2) is 0 Å². The number of furan rings is 1. The van der Waals surface area contributed by atoms with Crippen LogP contribution in [-0.4, -0.2) is 26.3 Å². The zero-order chi connectivity index (χ0) is 21.9. The quantitative estimate of drug-likeness (QED) is 0.587. The number of aryl methyl sites for hydroxylation is 1. The van der Waals surface area contributed by atoms with E-state index in [2.05, 4.69) is 4.72 Å². The average Bonchev–Trinajstić information content (AvgIpc) is 3.23. The lowest BCUT2D eigenvalue weighted by Crippen LogP contribution is -2.28. The largest absolute Gasteiger partial charge is 0.468 e. The molecule has 0 atom stereocenters. The van der Waals surface area contributed by atoms with Crippen LogP contribution in [0.5, 0.6) is 0 Å². The fraction of sp³-hybridized carbons (Fsp3) is 0.190. The Bertz CT molecular complexity index is 1140. The number of nitrogens with zero attached hydrogens (tertiary/aromatic N) is 1. The van der Waals surface area contributed by atoms with Gasteiger partial charge in [0, 0.05) is 29.7 Å². The van der Waals surface area contributed by atoms with Crippen LogP contribution in [-0.2, 0) is 23.1 Å². The van der Waals surface area contributed by atoms with Crippen LogP contribution in [0.4, 0.5) is 4.39 Å². The average molecular weight is 451 g/mol. The van der Waals surface area contributed by atoms with Gasteiger partial charge in [0.05, 0.1) is 17.7 Å². The van der Waals surface area contributed by atoms with Crippen molar-refractivity contribution in [2.75, 3.05) is 7.05 Å². The molecule has 1 N–H and O–H groups in total. The molecule has 0 unspecified atom stereocenters. The first kappa shape index (κ1) is 22.0. The smallest absolute Gasteiger partial charge is 0.254 e. The minimum atomic E-state index is -3.87. The van der Waals surface area contributed by atoms with Crippen molar-refractivity contribution in [2.45, 2.75) is 24.9 Å². The molecule has 0 aliphatic heterocycles. The van der Waals surface area contributed by atoms with Crippen molar-refractivity contribution in [1.82, 2.24) is 9.62 Å². The van der Waals surface area contributed by atoms with E-state index in [1.165, 1.54) is 42.5 Å². The van der Waals surface area contributed by atoms with E-state index in [1.54, 1.807) is 31.2 Å². The number of benzene rings is 2. The maximum absolute atomic E-state index is 14.1. The Morgan fingerprint density at radius 2 is 1.97 bits per heavy atom. The standard InChI is InChI=1S/C21H20ClFN2O4S/c1-14-8-9-16(30(27,28)24-12-15-5-4-10-29-15)11-17(14)21(26)25(2)13-18-19(22)6-3-7-20(18)23/h3-11,24H,12-13H2,1-2H3. The topological polar surface area (TPSA) is 79.6 Å². The number of nitrogens with one attached hydrogen (secondary N) is 1. The van der Waals surface area contributed by atoms with Crippen LogP contribution in [0.25, 0.3) is 0 Å². The molecule has 0 spiro atoms. The summed E-state index contributed by atoms with van der Waals surface area (Å²) in [6.07, 6.45) is 1.45. The summed E-state index contributed by atoms with van der Waals surface area (Å²) in [5.74, 6) is -0.504. The van der Waals surface area contributed by atoms with E-state index in [-0.39, 0.29) is 34.1 Å². The molecule has 6 nitrogen and oxygen atoms in total. The van der Waals surface area contributed by atoms with Gasteiger partial charge in [-0.15, -0.1) is 0 Å². The Hall–Kier alpha value is -2.68. The van der Waals surface area contributed by atoms with Crippen LogP contribution in [0.3, 0.4) is 0 Å². The van der Waals surface area contributed by atoms with Crippen molar-refractivity contribution >= 4 is 27.5 Å². The normalized spacial score (nSPS) is 11.5. The van der Waals surface area contributed by atoms with Crippen LogP contribution in [0, 0.1) is 12.7 Å². The van der Waals surface area contributed by atoms with Crippen molar-refractivity contribution in [3.05, 3.63) is 88.1 Å². The molecule has 0 saturated heterocycles. The molecule has 3 rings (SSSR count). The molecule has 1 heterocycles. The fourth-order valence-electron chi connectivity index (χ4n) is 2.86. The van der Waals surface area contributed by atoms with Crippen molar-refractivity contribution in [1.29, 1.82) is 0 Å². The zero-order valence-electron chi connectivity index (χ0n) is 16.4. The van der Waals surface area contributed by atoms with E-state index in [0.717, 1.165) is 0 Å². The van der Waals surface area contributed by atoms with Gasteiger partial charge in [0.2, 0.25) is 10.0 Å². The second kappa shape index (κ2) is 8.99. The molecular formula is C21H20ClFN2O4S. The summed E-state index contributed by atoms with van der Waals surface area (Å²) >= 11 is 6.04. The lowest BCUT2D eigenvalue weighted by atomic mass is 10.1. The van der Waals surface area contributed by atoms with E-state index in [0.29, 0.717) is 11.3 Å². The van der Waals surface area contributed by atoms with E-state index in [1.807, 2.05) is 0 Å². The number of rotatable bonds is 7. The van der Waals surface area contributed by atoms with Crippen molar-refractivity contribution in [3.8, 4) is 0 Å². The molecule has 30 heavy (non-hydrogen) atoms. The molecular weight excluding hydrogens is 431 g/mol. The molecule has 3 aromatic rings. The molecule has 158 valence electrons. The lowest BCUT2D eigenvalue weighted by molar-refractivity contribution is 0.0783. The summed E-state index contributed by atoms with van der Waals surface area (Å²) < 4.78 is 46.9. The maximum atomic E-state index is 14.1. The number of carbonyl (C=O) groups excluding carboxylic acids is 1. The maximum Gasteiger partial charge on any atom is 0.254 e. The van der Waals surface area contributed by atoms with Crippen LogP contribution >= 0.6 is 11.6 Å². The Kier molecular flexibility index (Phi) is 6.60. The summed E-state index contributed by atoms with van der Waals surface area (Å²) in [6, 6.07) is 11.9. The zero-order valence-corrected chi connectivity index (χ0v) is 17.9. The first-order chi connectivity index (χ1) is 14.2. The monoisotopic (exact) mass is 450 g/mol. The Morgan fingerprint density at radius 3 is 2.63 bits per heavy atom. The molecule has 0 fully saturated rings. The van der Waals surface area contributed by atoms with Gasteiger partial charge in [0.1, 0.15) is 11.6 Å². The number of amides is 1. The second-order valence-electron chi connectivity index (χ2n) is 6.74. The Morgan fingerprint density at radius 1 is 1.20 bits per heavy atom. The van der Waals surface area contributed by atoms with E-state index >= 15 is 0 Å². The highest BCUT2D eigenvalue weighted by molar-refractivity contribution is 7.89. The molecule has 0 saturated carbocycles. The Labute approximate surface area is 179 Å². The van der Waals surface area contributed by atoms with E-state index < -0.39 is 21.7 Å². The van der Waals surface area contributed by atoms with Gasteiger partial charge in [0.25, 0.3) is 5.91 Å². The third-order valence-electron chi connectivity index (χ3n) is 4.57. The van der Waals surface area contributed by atoms with Gasteiger partial charge >= 0.3 is 0 Å². The molecule has 0 aliphatic carbocycles. The third kappa shape index (κ3) is 4.89. The first-order valence-corrected chi connectivity index (χ1v) is 10.9. The number of carbonyl (C=O) groups is 1. The summed E-state index contributed by atoms with van der Waals surface area (Å²) in [5, 5.41) is 0.213. The van der Waals surface area contributed by atoms with Gasteiger partial charge in [-0.1, -0.05) is 23.7 Å². The Balaban J connectivity index is 1.82. The highest BCUT2D eigenvalue weighted by Gasteiger charge is 2.21. The summed E-state index contributed by atoms with van der Waals surface area (Å²) in [7, 11) is -2.37. The summed E-state index contributed by atoms with van der Waals surface area (Å²) in [5.41, 5.74) is 0.985. The molecule has 2 aromatic carbocycles. The van der Waals surface area contributed by atoms with Crippen molar-refractivity contribution in [2.24, 2.45) is 0 Å². The minimum Gasteiger partial charge on any atom is -0.468 e. The molecule has 1 amide bonds. The molecule has 1 aromatic heterocycles. The molecule has 0 radical (unpaired) electrons. The number of halogens is 2. The first-order valence-electron chi connectivity index (χ1n) is 9.00. The van der Waals surface area contributed by atoms with Gasteiger partial charge in [-0.3, -0.25) is 4.79 Å². The fourth-order valence-corrected chi connectivity index (χ4v) is 4.10. The van der Waals surface area contributed by atoms with Crippen LogP contribution in [0.15, 0.2) is 64.1 Å². The summed E-state index contributed by atoms with van der Waals surface area (Å²) in [4.78, 5) is 14.2. The molecule has 0 aliphatic rings. The lowest BCUT2D eigenvalue weighted by Gasteiger charge is -2.20. The van der Waals surface area contributed by atoms with Gasteiger partial charge in [-0.25, -0.2) is 17.5 Å². The minimum absolute atomic E-state index is 0.0157. The third-order valence-corrected chi connectivity index (χ3v) is 6.32. The van der Waals surface area contributed by atoms with Gasteiger partial charge in [-0.05, 0) is 48.9 Å². The van der Waals surface area contributed by atoms with Crippen LogP contribution in [0.2, 0.25) is 5.02 Å². The van der Waals surface area contributed by atoms with Crippen molar-refractivity contribution < 1.29 is 22.0 Å². The predicted molar refractivity (Wildman–Crippen MR) is 111 cm³/mol. The van der Waals surface area contributed by atoms with E-state index in [4.69, 9.17) is 16.0 Å². The highest BCUT2D eigenvalue weighted by Crippen LogP contribution is 2.23. The van der Waals surface area contributed by atoms with Crippen LogP contribution < -0.4 is 4.72 Å². The number of hydrogen-bond acceptors (Lipinski definition) is 4. The molecule has 0 bridgehead atoms. The summed E-state index contributed by atoms with van der Waals surface area (Å²) in [6.45, 7) is 1.62.